The van der Waals surface area contributed by atoms with Crippen LogP contribution in [0.15, 0.2) is 35.0 Å². The fourth-order valence-electron chi connectivity index (χ4n) is 1.72. The van der Waals surface area contributed by atoms with Gasteiger partial charge >= 0.3 is 0 Å². The first-order chi connectivity index (χ1) is 8.83. The van der Waals surface area contributed by atoms with Crippen molar-refractivity contribution in [3.8, 4) is 0 Å². The second kappa shape index (κ2) is 4.60. The predicted molar refractivity (Wildman–Crippen MR) is 63.9 cm³/mol. The molecule has 92 valence electrons. The van der Waals surface area contributed by atoms with Gasteiger partial charge in [0.25, 0.3) is 5.91 Å². The molecule has 0 spiro atoms. The van der Waals surface area contributed by atoms with E-state index >= 15 is 0 Å². The molecule has 0 radical (unpaired) electrons. The normalized spacial score (nSPS) is 14.4. The molecular formula is C13H13N3O2. The zero-order valence-electron chi connectivity index (χ0n) is 9.80. The first kappa shape index (κ1) is 11.0. The van der Waals surface area contributed by atoms with Crippen molar-refractivity contribution in [1.29, 1.82) is 0 Å². The van der Waals surface area contributed by atoms with Gasteiger partial charge < -0.3 is 9.84 Å². The number of aromatic nitrogens is 2. The molecule has 0 saturated heterocycles. The van der Waals surface area contributed by atoms with Gasteiger partial charge in [-0.15, -0.1) is 0 Å². The largest absolute Gasteiger partial charge is 0.360 e. The van der Waals surface area contributed by atoms with Crippen LogP contribution in [0.5, 0.6) is 0 Å². The number of pyridine rings is 1. The lowest BCUT2D eigenvalue weighted by Crippen LogP contribution is -2.23. The molecule has 5 nitrogen and oxygen atoms in total. The van der Waals surface area contributed by atoms with E-state index in [0.29, 0.717) is 18.2 Å². The van der Waals surface area contributed by atoms with Crippen LogP contribution in [0.1, 0.15) is 40.7 Å². The summed E-state index contributed by atoms with van der Waals surface area (Å²) < 4.78 is 5.14. The maximum absolute atomic E-state index is 11.8. The third-order valence-electron chi connectivity index (χ3n) is 2.90. The summed E-state index contributed by atoms with van der Waals surface area (Å²) in [5, 5.41) is 6.55. The highest BCUT2D eigenvalue weighted by atomic mass is 16.5. The molecule has 0 unspecified atom stereocenters. The SMILES string of the molecule is O=C(NCc1ccccn1)c1cc(C2CC2)on1. The topological polar surface area (TPSA) is 68.0 Å². The van der Waals surface area contributed by atoms with Crippen LogP contribution in [-0.2, 0) is 6.54 Å². The molecule has 1 N–H and O–H groups in total. The summed E-state index contributed by atoms with van der Waals surface area (Å²) in [4.78, 5) is 15.9. The first-order valence-electron chi connectivity index (χ1n) is 5.97. The van der Waals surface area contributed by atoms with Crippen LogP contribution in [0.4, 0.5) is 0 Å². The monoisotopic (exact) mass is 243 g/mol. The maximum Gasteiger partial charge on any atom is 0.273 e. The van der Waals surface area contributed by atoms with E-state index < -0.39 is 0 Å². The second-order valence-corrected chi connectivity index (χ2v) is 4.39. The predicted octanol–water partition coefficient (Wildman–Crippen LogP) is 1.88. The van der Waals surface area contributed by atoms with E-state index in [1.54, 1.807) is 12.3 Å². The summed E-state index contributed by atoms with van der Waals surface area (Å²) in [5.41, 5.74) is 1.16. The second-order valence-electron chi connectivity index (χ2n) is 4.39. The van der Waals surface area contributed by atoms with E-state index in [4.69, 9.17) is 4.52 Å². The van der Waals surface area contributed by atoms with Crippen molar-refractivity contribution in [3.63, 3.8) is 0 Å². The molecule has 1 amide bonds. The Morgan fingerprint density at radius 3 is 3.06 bits per heavy atom. The van der Waals surface area contributed by atoms with E-state index in [2.05, 4.69) is 15.5 Å². The molecule has 1 saturated carbocycles. The molecule has 2 aromatic rings. The van der Waals surface area contributed by atoms with Gasteiger partial charge in [0.2, 0.25) is 0 Å². The van der Waals surface area contributed by atoms with Gasteiger partial charge in [-0.25, -0.2) is 0 Å². The lowest BCUT2D eigenvalue weighted by atomic mass is 10.2. The van der Waals surface area contributed by atoms with E-state index in [9.17, 15) is 4.79 Å². The Bertz CT molecular complexity index is 546. The van der Waals surface area contributed by atoms with Crippen LogP contribution in [0.25, 0.3) is 0 Å². The third-order valence-corrected chi connectivity index (χ3v) is 2.90. The number of amides is 1. The molecular weight excluding hydrogens is 230 g/mol. The van der Waals surface area contributed by atoms with E-state index in [1.807, 2.05) is 18.2 Å². The lowest BCUT2D eigenvalue weighted by molar-refractivity contribution is 0.0941. The fraction of sp³-hybridized carbons (Fsp3) is 0.308. The van der Waals surface area contributed by atoms with Crippen LogP contribution in [0.3, 0.4) is 0 Å². The van der Waals surface area contributed by atoms with Gasteiger partial charge in [-0.2, -0.15) is 0 Å². The number of hydrogen-bond acceptors (Lipinski definition) is 4. The fourth-order valence-corrected chi connectivity index (χ4v) is 1.72. The number of nitrogens with zero attached hydrogens (tertiary/aromatic N) is 2. The highest BCUT2D eigenvalue weighted by Gasteiger charge is 2.28. The van der Waals surface area contributed by atoms with Crippen molar-refractivity contribution >= 4 is 5.91 Å². The van der Waals surface area contributed by atoms with Crippen LogP contribution in [0.2, 0.25) is 0 Å². The average Bonchev–Trinajstić information content (AvgIpc) is 3.15. The summed E-state index contributed by atoms with van der Waals surface area (Å²) in [6.07, 6.45) is 3.96. The van der Waals surface area contributed by atoms with Crippen LogP contribution in [-0.4, -0.2) is 16.0 Å². The van der Waals surface area contributed by atoms with Crippen molar-refractivity contribution in [3.05, 3.63) is 47.6 Å². The Hall–Kier alpha value is -2.17. The van der Waals surface area contributed by atoms with Crippen LogP contribution >= 0.6 is 0 Å². The number of hydrogen-bond donors (Lipinski definition) is 1. The van der Waals surface area contributed by atoms with E-state index in [-0.39, 0.29) is 5.91 Å². The summed E-state index contributed by atoms with van der Waals surface area (Å²) in [5.74, 6) is 1.06. The zero-order chi connectivity index (χ0) is 12.4. The van der Waals surface area contributed by atoms with Crippen molar-refractivity contribution < 1.29 is 9.32 Å². The van der Waals surface area contributed by atoms with Gasteiger partial charge in [0.15, 0.2) is 5.69 Å². The third kappa shape index (κ3) is 2.40. The molecule has 1 aliphatic rings. The minimum absolute atomic E-state index is 0.226. The van der Waals surface area contributed by atoms with Crippen molar-refractivity contribution in [2.75, 3.05) is 0 Å². The zero-order valence-corrected chi connectivity index (χ0v) is 9.80. The molecule has 2 aromatic heterocycles. The molecule has 3 rings (SSSR count). The minimum atomic E-state index is -0.226. The van der Waals surface area contributed by atoms with Crippen LogP contribution in [0, 0.1) is 0 Å². The molecule has 0 atom stereocenters. The van der Waals surface area contributed by atoms with E-state index in [0.717, 1.165) is 24.3 Å². The summed E-state index contributed by atoms with van der Waals surface area (Å²) in [7, 11) is 0. The van der Waals surface area contributed by atoms with E-state index in [1.165, 1.54) is 0 Å². The Kier molecular flexibility index (Phi) is 2.80. The van der Waals surface area contributed by atoms with Gasteiger partial charge in [0, 0.05) is 18.2 Å². The first-order valence-corrected chi connectivity index (χ1v) is 5.97. The van der Waals surface area contributed by atoms with Gasteiger partial charge in [-0.05, 0) is 25.0 Å². The Morgan fingerprint density at radius 2 is 2.33 bits per heavy atom. The van der Waals surface area contributed by atoms with Crippen LogP contribution < -0.4 is 5.32 Å². The average molecular weight is 243 g/mol. The summed E-state index contributed by atoms with van der Waals surface area (Å²) >= 11 is 0. The minimum Gasteiger partial charge on any atom is -0.360 e. The molecule has 1 fully saturated rings. The Balaban J connectivity index is 1.60. The van der Waals surface area contributed by atoms with Crippen molar-refractivity contribution in [1.82, 2.24) is 15.5 Å². The quantitative estimate of drug-likeness (QED) is 0.890. The number of carbonyl (C=O) groups excluding carboxylic acids is 1. The highest BCUT2D eigenvalue weighted by Crippen LogP contribution is 2.40. The number of rotatable bonds is 4. The molecule has 1 aliphatic carbocycles. The molecule has 2 heterocycles. The molecule has 0 bridgehead atoms. The van der Waals surface area contributed by atoms with Gasteiger partial charge in [0.1, 0.15) is 5.76 Å². The smallest absolute Gasteiger partial charge is 0.273 e. The highest BCUT2D eigenvalue weighted by molar-refractivity contribution is 5.92. The molecule has 0 aromatic carbocycles. The number of carbonyl (C=O) groups is 1. The van der Waals surface area contributed by atoms with Gasteiger partial charge in [-0.1, -0.05) is 11.2 Å². The summed E-state index contributed by atoms with van der Waals surface area (Å²) in [6, 6.07) is 7.31. The number of nitrogens with one attached hydrogen (secondary N) is 1. The van der Waals surface area contributed by atoms with Gasteiger partial charge in [0.05, 0.1) is 12.2 Å². The Labute approximate surface area is 104 Å². The summed E-state index contributed by atoms with van der Waals surface area (Å²) in [6.45, 7) is 0.394. The molecule has 0 aliphatic heterocycles. The molecule has 5 heteroatoms. The lowest BCUT2D eigenvalue weighted by Gasteiger charge is -2.01. The van der Waals surface area contributed by atoms with Crippen molar-refractivity contribution in [2.45, 2.75) is 25.3 Å². The van der Waals surface area contributed by atoms with Gasteiger partial charge in [-0.3, -0.25) is 9.78 Å². The Morgan fingerprint density at radius 1 is 1.44 bits per heavy atom. The van der Waals surface area contributed by atoms with Crippen molar-refractivity contribution in [2.24, 2.45) is 0 Å². The standard InChI is InChI=1S/C13H13N3O2/c17-13(15-8-10-3-1-2-6-14-10)11-7-12(18-16-11)9-4-5-9/h1-3,6-7,9H,4-5,8H2,(H,15,17). The maximum atomic E-state index is 11.8. The molecule has 18 heavy (non-hydrogen) atoms.